The van der Waals surface area contributed by atoms with Gasteiger partial charge in [-0.3, -0.25) is 9.59 Å². The monoisotopic (exact) mass is 728 g/mol. The molecule has 3 unspecified atom stereocenters. The highest BCUT2D eigenvalue weighted by Crippen LogP contribution is 2.17. The third-order valence-electron chi connectivity index (χ3n) is 9.49. The van der Waals surface area contributed by atoms with Gasteiger partial charge in [-0.1, -0.05) is 204 Å². The van der Waals surface area contributed by atoms with E-state index in [1.165, 1.54) is 89.9 Å². The zero-order valence-electron chi connectivity index (χ0n) is 33.9. The molecule has 0 aliphatic carbocycles. The molecular formula is C46H81NO5. The Bertz CT molecular complexity index is 952. The maximum Gasteiger partial charge on any atom is 0.306 e. The van der Waals surface area contributed by atoms with Crippen molar-refractivity contribution >= 4 is 11.9 Å². The number of carbonyl (C=O) groups excluding carboxylic acids is 2. The summed E-state index contributed by atoms with van der Waals surface area (Å²) in [5, 5.41) is 23.5. The molecule has 3 atom stereocenters. The summed E-state index contributed by atoms with van der Waals surface area (Å²) < 4.78 is 5.82. The van der Waals surface area contributed by atoms with Gasteiger partial charge >= 0.3 is 5.97 Å². The van der Waals surface area contributed by atoms with Gasteiger partial charge in [0.05, 0.1) is 25.2 Å². The minimum Gasteiger partial charge on any atom is -0.462 e. The van der Waals surface area contributed by atoms with Gasteiger partial charge in [0.1, 0.15) is 6.10 Å². The van der Waals surface area contributed by atoms with Crippen LogP contribution in [-0.4, -0.2) is 46.9 Å². The first-order valence-corrected chi connectivity index (χ1v) is 21.6. The van der Waals surface area contributed by atoms with Crippen LogP contribution in [0.3, 0.4) is 0 Å². The third-order valence-corrected chi connectivity index (χ3v) is 9.49. The van der Waals surface area contributed by atoms with E-state index in [4.69, 9.17) is 4.74 Å². The average molecular weight is 728 g/mol. The highest BCUT2D eigenvalue weighted by Gasteiger charge is 2.24. The highest BCUT2D eigenvalue weighted by molar-refractivity contribution is 5.77. The molecule has 0 fully saturated rings. The molecule has 0 aromatic heterocycles. The summed E-state index contributed by atoms with van der Waals surface area (Å²) in [6, 6.07) is -0.713. The number of unbranched alkanes of at least 4 members (excludes halogenated alkanes) is 19. The number of aliphatic hydroxyl groups excluding tert-OH is 2. The maximum atomic E-state index is 13.0. The summed E-state index contributed by atoms with van der Waals surface area (Å²) in [5.74, 6) is -0.571. The first kappa shape index (κ1) is 49.6. The van der Waals surface area contributed by atoms with E-state index in [0.717, 1.165) is 51.4 Å². The van der Waals surface area contributed by atoms with Gasteiger partial charge in [-0.15, -0.1) is 0 Å². The largest absolute Gasteiger partial charge is 0.462 e. The Hall–Kier alpha value is -2.44. The fourth-order valence-corrected chi connectivity index (χ4v) is 6.22. The number of carbonyl (C=O) groups is 2. The molecule has 52 heavy (non-hydrogen) atoms. The van der Waals surface area contributed by atoms with E-state index in [0.29, 0.717) is 25.7 Å². The Balaban J connectivity index is 4.58. The lowest BCUT2D eigenvalue weighted by atomic mass is 10.0. The van der Waals surface area contributed by atoms with Crippen LogP contribution in [0.1, 0.15) is 194 Å². The molecule has 1 amide bonds. The fraction of sp³-hybridized carbons (Fsp3) is 0.739. The van der Waals surface area contributed by atoms with E-state index in [2.05, 4.69) is 32.2 Å². The molecule has 0 heterocycles. The van der Waals surface area contributed by atoms with Crippen LogP contribution in [0.5, 0.6) is 0 Å². The normalized spacial score (nSPS) is 14.0. The van der Waals surface area contributed by atoms with Crippen molar-refractivity contribution in [2.75, 3.05) is 6.61 Å². The molecule has 0 radical (unpaired) electrons. The van der Waals surface area contributed by atoms with Gasteiger partial charge < -0.3 is 20.3 Å². The van der Waals surface area contributed by atoms with E-state index < -0.39 is 18.2 Å². The molecule has 0 aliphatic rings. The molecule has 0 spiro atoms. The molecule has 0 aromatic carbocycles. The Morgan fingerprint density at radius 1 is 0.577 bits per heavy atom. The van der Waals surface area contributed by atoms with E-state index >= 15 is 0 Å². The molecule has 3 N–H and O–H groups in total. The second-order valence-electron chi connectivity index (χ2n) is 14.5. The summed E-state index contributed by atoms with van der Waals surface area (Å²) in [5.41, 5.74) is 0. The molecule has 0 saturated carbocycles. The van der Waals surface area contributed by atoms with Crippen LogP contribution in [0.2, 0.25) is 0 Å². The van der Waals surface area contributed by atoms with Gasteiger partial charge in [-0.05, 0) is 38.5 Å². The van der Waals surface area contributed by atoms with Crippen molar-refractivity contribution in [2.24, 2.45) is 0 Å². The number of esters is 1. The number of ether oxygens (including phenoxy) is 1. The van der Waals surface area contributed by atoms with Crippen molar-refractivity contribution in [3.8, 4) is 0 Å². The van der Waals surface area contributed by atoms with Crippen molar-refractivity contribution in [3.05, 3.63) is 60.8 Å². The van der Waals surface area contributed by atoms with E-state index in [9.17, 15) is 19.8 Å². The quantitative estimate of drug-likeness (QED) is 0.0336. The van der Waals surface area contributed by atoms with Crippen molar-refractivity contribution in [2.45, 2.75) is 212 Å². The first-order chi connectivity index (χ1) is 25.5. The lowest BCUT2D eigenvalue weighted by Gasteiger charge is -2.24. The zero-order valence-corrected chi connectivity index (χ0v) is 33.9. The summed E-state index contributed by atoms with van der Waals surface area (Å²) >= 11 is 0. The highest BCUT2D eigenvalue weighted by atomic mass is 16.5. The SMILES string of the molecule is CC/C=C/C=C/C=C\C=C/C=C/CCCC(=O)OC(CCCCCCCCC)CC(=O)NC(CO)C(O)CCCCCCCCCCCCCCC. The average Bonchev–Trinajstić information content (AvgIpc) is 3.13. The number of nitrogens with one attached hydrogen (secondary N) is 1. The standard InChI is InChI=1S/C46H81NO5/c1-4-7-10-13-16-18-20-22-24-26-29-32-35-38-44(49)43(41-48)47-45(50)40-42(37-34-31-28-15-12-9-6-3)52-46(51)39-36-33-30-27-25-23-21-19-17-14-11-8-5-2/h8,11,14,17,19,21,23,25,27,30,42-44,48-49H,4-7,9-10,12-13,15-16,18,20,22,24,26,28-29,31-41H2,1-3H3,(H,47,50)/b11-8+,17-14+,21-19-,25-23-,30-27+. The fourth-order valence-electron chi connectivity index (χ4n) is 6.22. The van der Waals surface area contributed by atoms with Crippen molar-refractivity contribution in [1.29, 1.82) is 0 Å². The van der Waals surface area contributed by atoms with E-state index in [-0.39, 0.29) is 24.9 Å². The van der Waals surface area contributed by atoms with Crippen LogP contribution in [0.4, 0.5) is 0 Å². The smallest absolute Gasteiger partial charge is 0.306 e. The number of rotatable bonds is 37. The molecule has 0 aliphatic heterocycles. The van der Waals surface area contributed by atoms with Gasteiger partial charge in [-0.25, -0.2) is 0 Å². The Morgan fingerprint density at radius 2 is 1.02 bits per heavy atom. The van der Waals surface area contributed by atoms with Gasteiger partial charge in [-0.2, -0.15) is 0 Å². The van der Waals surface area contributed by atoms with Gasteiger partial charge in [0.15, 0.2) is 0 Å². The van der Waals surface area contributed by atoms with Crippen LogP contribution >= 0.6 is 0 Å². The Labute approximate surface area is 320 Å². The van der Waals surface area contributed by atoms with Crippen molar-refractivity contribution in [3.63, 3.8) is 0 Å². The molecule has 300 valence electrons. The molecule has 0 rings (SSSR count). The van der Waals surface area contributed by atoms with Crippen LogP contribution in [0, 0.1) is 0 Å². The van der Waals surface area contributed by atoms with Gasteiger partial charge in [0, 0.05) is 6.42 Å². The molecule has 6 heteroatoms. The van der Waals surface area contributed by atoms with Crippen LogP contribution in [0.15, 0.2) is 60.8 Å². The molecule has 0 bridgehead atoms. The van der Waals surface area contributed by atoms with Gasteiger partial charge in [0.2, 0.25) is 5.91 Å². The number of hydrogen-bond donors (Lipinski definition) is 3. The number of amides is 1. The first-order valence-electron chi connectivity index (χ1n) is 21.6. The number of aliphatic hydroxyl groups is 2. The van der Waals surface area contributed by atoms with Crippen LogP contribution < -0.4 is 5.32 Å². The third kappa shape index (κ3) is 34.6. The predicted molar refractivity (Wildman–Crippen MR) is 222 cm³/mol. The second kappa shape index (κ2) is 39.8. The number of allylic oxidation sites excluding steroid dienone is 10. The summed E-state index contributed by atoms with van der Waals surface area (Å²) in [6.45, 7) is 6.26. The van der Waals surface area contributed by atoms with Gasteiger partial charge in [0.25, 0.3) is 0 Å². The summed E-state index contributed by atoms with van der Waals surface area (Å²) in [6.07, 6.45) is 47.2. The van der Waals surface area contributed by atoms with Crippen LogP contribution in [0.25, 0.3) is 0 Å². The zero-order chi connectivity index (χ0) is 38.2. The molecule has 6 nitrogen and oxygen atoms in total. The van der Waals surface area contributed by atoms with E-state index in [1.54, 1.807) is 0 Å². The molecule has 0 saturated heterocycles. The van der Waals surface area contributed by atoms with Crippen LogP contribution in [-0.2, 0) is 14.3 Å². The Kier molecular flexibility index (Phi) is 37.9. The maximum absolute atomic E-state index is 13.0. The van der Waals surface area contributed by atoms with Crippen molar-refractivity contribution < 1.29 is 24.5 Å². The molecular weight excluding hydrogens is 647 g/mol. The molecule has 0 aromatic rings. The van der Waals surface area contributed by atoms with Crippen molar-refractivity contribution in [1.82, 2.24) is 5.32 Å². The lowest BCUT2D eigenvalue weighted by Crippen LogP contribution is -2.46. The lowest BCUT2D eigenvalue weighted by molar-refractivity contribution is -0.151. The summed E-state index contributed by atoms with van der Waals surface area (Å²) in [7, 11) is 0. The summed E-state index contributed by atoms with van der Waals surface area (Å²) in [4.78, 5) is 25.8. The second-order valence-corrected chi connectivity index (χ2v) is 14.5. The Morgan fingerprint density at radius 3 is 1.50 bits per heavy atom. The predicted octanol–water partition coefficient (Wildman–Crippen LogP) is 12.1. The van der Waals surface area contributed by atoms with E-state index in [1.807, 2.05) is 54.7 Å². The number of hydrogen-bond acceptors (Lipinski definition) is 5. The minimum atomic E-state index is -0.797. The topological polar surface area (TPSA) is 95.9 Å². The minimum absolute atomic E-state index is 0.0475.